The summed E-state index contributed by atoms with van der Waals surface area (Å²) < 4.78 is 33.2. The Hall–Kier alpha value is -1.68. The zero-order valence-corrected chi connectivity index (χ0v) is 20.9. The number of benzene rings is 2. The Morgan fingerprint density at radius 3 is 2.48 bits per heavy atom. The number of carbonyl (C=O) groups is 1. The molecule has 2 aromatic rings. The molecule has 1 amide bonds. The van der Waals surface area contributed by atoms with Crippen molar-refractivity contribution in [3.63, 3.8) is 0 Å². The van der Waals surface area contributed by atoms with Gasteiger partial charge in [-0.25, -0.2) is 8.42 Å². The number of rotatable bonds is 10. The molecule has 3 rings (SSSR count). The lowest BCUT2D eigenvalue weighted by atomic mass is 10.2. The number of nitrogens with zero attached hydrogens (tertiary/aromatic N) is 2. The predicted octanol–water partition coefficient (Wildman–Crippen LogP) is 3.33. The highest BCUT2D eigenvalue weighted by atomic mass is 35.5. The highest BCUT2D eigenvalue weighted by molar-refractivity contribution is 7.89. The van der Waals surface area contributed by atoms with Gasteiger partial charge in [0.2, 0.25) is 15.9 Å². The van der Waals surface area contributed by atoms with Crippen LogP contribution in [0.3, 0.4) is 0 Å². The summed E-state index contributed by atoms with van der Waals surface area (Å²) in [6, 6.07) is 11.4. The van der Waals surface area contributed by atoms with Crippen molar-refractivity contribution in [1.82, 2.24) is 14.5 Å². The van der Waals surface area contributed by atoms with Crippen molar-refractivity contribution in [1.29, 1.82) is 0 Å². The lowest BCUT2D eigenvalue weighted by Gasteiger charge is -2.26. The van der Waals surface area contributed by atoms with E-state index in [9.17, 15) is 13.2 Å². The van der Waals surface area contributed by atoms with Crippen LogP contribution in [0.2, 0.25) is 10.0 Å². The van der Waals surface area contributed by atoms with Gasteiger partial charge in [-0.05, 0) is 49.7 Å². The van der Waals surface area contributed by atoms with Crippen molar-refractivity contribution in [2.75, 3.05) is 45.9 Å². The van der Waals surface area contributed by atoms with Gasteiger partial charge in [0.05, 0.1) is 24.7 Å². The summed E-state index contributed by atoms with van der Waals surface area (Å²) in [5, 5.41) is 3.64. The minimum Gasteiger partial charge on any atom is -0.379 e. The second-order valence-electron chi connectivity index (χ2n) is 7.98. The number of aryl methyl sites for hydroxylation is 1. The lowest BCUT2D eigenvalue weighted by molar-refractivity contribution is -0.121. The molecule has 1 aliphatic rings. The molecule has 1 fully saturated rings. The van der Waals surface area contributed by atoms with Crippen molar-refractivity contribution in [3.05, 3.63) is 63.6 Å². The van der Waals surface area contributed by atoms with E-state index in [1.807, 2.05) is 6.92 Å². The van der Waals surface area contributed by atoms with E-state index in [0.29, 0.717) is 22.2 Å². The maximum Gasteiger partial charge on any atom is 0.243 e. The molecular weight excluding hydrogens is 485 g/mol. The molecule has 7 nitrogen and oxygen atoms in total. The second-order valence-corrected chi connectivity index (χ2v) is 10.8. The van der Waals surface area contributed by atoms with Gasteiger partial charge in [-0.15, -0.1) is 0 Å². The third kappa shape index (κ3) is 7.67. The van der Waals surface area contributed by atoms with Crippen LogP contribution in [0, 0.1) is 6.92 Å². The Labute approximate surface area is 205 Å². The smallest absolute Gasteiger partial charge is 0.243 e. The van der Waals surface area contributed by atoms with Crippen molar-refractivity contribution in [2.45, 2.75) is 24.8 Å². The number of hydrogen-bond donors (Lipinski definition) is 1. The fourth-order valence-electron chi connectivity index (χ4n) is 3.50. The molecule has 0 saturated carbocycles. The molecule has 1 saturated heterocycles. The number of ether oxygens (including phenoxy) is 1. The summed E-state index contributed by atoms with van der Waals surface area (Å²) in [7, 11) is -3.93. The fourth-order valence-corrected chi connectivity index (χ4v) is 5.34. The summed E-state index contributed by atoms with van der Waals surface area (Å²) in [5.41, 5.74) is 1.51. The summed E-state index contributed by atoms with van der Waals surface area (Å²) >= 11 is 12.3. The third-order valence-corrected chi connectivity index (χ3v) is 7.81. The quantitative estimate of drug-likeness (QED) is 0.493. The number of nitrogens with one attached hydrogen (secondary N) is 1. The second kappa shape index (κ2) is 12.1. The van der Waals surface area contributed by atoms with E-state index in [1.165, 1.54) is 0 Å². The molecule has 0 aromatic heterocycles. The molecule has 0 spiro atoms. The minimum atomic E-state index is -3.93. The predicted molar refractivity (Wildman–Crippen MR) is 130 cm³/mol. The van der Waals surface area contributed by atoms with Crippen LogP contribution in [0.4, 0.5) is 0 Å². The van der Waals surface area contributed by atoms with E-state index >= 15 is 0 Å². The minimum absolute atomic E-state index is 0.0482. The number of sulfonamides is 1. The van der Waals surface area contributed by atoms with Crippen molar-refractivity contribution in [2.24, 2.45) is 0 Å². The number of hydrogen-bond acceptors (Lipinski definition) is 5. The van der Waals surface area contributed by atoms with E-state index in [2.05, 4.69) is 10.2 Å². The van der Waals surface area contributed by atoms with E-state index in [1.54, 1.807) is 42.5 Å². The zero-order valence-electron chi connectivity index (χ0n) is 18.6. The molecule has 0 aliphatic carbocycles. The summed E-state index contributed by atoms with van der Waals surface area (Å²) in [5.74, 6) is -0.363. The van der Waals surface area contributed by atoms with Crippen LogP contribution in [0.15, 0.2) is 47.4 Å². The average Bonchev–Trinajstić information content (AvgIpc) is 2.79. The van der Waals surface area contributed by atoms with Crippen LogP contribution < -0.4 is 5.32 Å². The molecule has 0 radical (unpaired) electrons. The molecule has 33 heavy (non-hydrogen) atoms. The number of amides is 1. The van der Waals surface area contributed by atoms with Crippen LogP contribution >= 0.6 is 23.2 Å². The van der Waals surface area contributed by atoms with E-state index < -0.39 is 10.0 Å². The first-order valence-corrected chi connectivity index (χ1v) is 13.0. The fraction of sp³-hybridized carbons (Fsp3) is 0.435. The van der Waals surface area contributed by atoms with E-state index in [4.69, 9.17) is 27.9 Å². The Kier molecular flexibility index (Phi) is 9.55. The topological polar surface area (TPSA) is 79.0 Å². The summed E-state index contributed by atoms with van der Waals surface area (Å²) in [6.45, 7) is 6.07. The van der Waals surface area contributed by atoms with Crippen molar-refractivity contribution in [3.8, 4) is 0 Å². The van der Waals surface area contributed by atoms with Gasteiger partial charge in [-0.2, -0.15) is 4.31 Å². The Balaban J connectivity index is 1.68. The molecule has 1 N–H and O–H groups in total. The monoisotopic (exact) mass is 513 g/mol. The van der Waals surface area contributed by atoms with Gasteiger partial charge in [0, 0.05) is 36.2 Å². The van der Waals surface area contributed by atoms with Crippen LogP contribution in [0.1, 0.15) is 17.5 Å². The molecule has 0 atom stereocenters. The Morgan fingerprint density at radius 2 is 1.82 bits per heavy atom. The normalized spacial score (nSPS) is 15.0. The van der Waals surface area contributed by atoms with Crippen LogP contribution in [-0.2, 0) is 26.1 Å². The van der Waals surface area contributed by atoms with E-state index in [0.717, 1.165) is 49.1 Å². The molecule has 1 heterocycles. The van der Waals surface area contributed by atoms with Gasteiger partial charge < -0.3 is 10.1 Å². The molecular formula is C23H29Cl2N3O4S. The first-order chi connectivity index (χ1) is 15.8. The Morgan fingerprint density at radius 1 is 1.12 bits per heavy atom. The first kappa shape index (κ1) is 25.9. The third-order valence-electron chi connectivity index (χ3n) is 5.42. The van der Waals surface area contributed by atoms with Gasteiger partial charge >= 0.3 is 0 Å². The molecule has 2 aromatic carbocycles. The maximum absolute atomic E-state index is 13.4. The summed E-state index contributed by atoms with van der Waals surface area (Å²) in [6.07, 6.45) is 0.777. The highest BCUT2D eigenvalue weighted by Crippen LogP contribution is 2.25. The van der Waals surface area contributed by atoms with Crippen molar-refractivity contribution < 1.29 is 17.9 Å². The van der Waals surface area contributed by atoms with Gasteiger partial charge in [-0.3, -0.25) is 9.69 Å². The standard InChI is InChI=1S/C23H29Cl2N3O4S/c1-18-3-7-21(8-4-18)33(30,31)28(16-19-5-6-20(24)15-22(19)25)17-23(29)26-9-2-10-27-11-13-32-14-12-27/h3-8,15H,2,9-14,16-17H2,1H3,(H,26,29). The zero-order chi connectivity index (χ0) is 23.8. The van der Waals surface area contributed by atoms with Gasteiger partial charge in [0.25, 0.3) is 0 Å². The number of halogens is 2. The highest BCUT2D eigenvalue weighted by Gasteiger charge is 2.27. The summed E-state index contributed by atoms with van der Waals surface area (Å²) in [4.78, 5) is 15.1. The largest absolute Gasteiger partial charge is 0.379 e. The maximum atomic E-state index is 13.4. The van der Waals surface area contributed by atoms with E-state index in [-0.39, 0.29) is 23.9 Å². The van der Waals surface area contributed by atoms with Gasteiger partial charge in [-0.1, -0.05) is 47.0 Å². The number of morpholine rings is 1. The van der Waals surface area contributed by atoms with Crippen molar-refractivity contribution >= 4 is 39.1 Å². The molecule has 1 aliphatic heterocycles. The van der Waals surface area contributed by atoms with Gasteiger partial charge in [0.1, 0.15) is 0 Å². The number of carbonyl (C=O) groups excluding carboxylic acids is 1. The molecule has 0 bridgehead atoms. The average molecular weight is 514 g/mol. The molecule has 10 heteroatoms. The molecule has 0 unspecified atom stereocenters. The van der Waals surface area contributed by atoms with Gasteiger partial charge in [0.15, 0.2) is 0 Å². The lowest BCUT2D eigenvalue weighted by Crippen LogP contribution is -2.41. The van der Waals surface area contributed by atoms with Crippen LogP contribution in [0.5, 0.6) is 0 Å². The SMILES string of the molecule is Cc1ccc(S(=O)(=O)N(CC(=O)NCCCN2CCOCC2)Cc2ccc(Cl)cc2Cl)cc1. The first-order valence-electron chi connectivity index (χ1n) is 10.8. The van der Waals surface area contributed by atoms with Crippen LogP contribution in [-0.4, -0.2) is 69.5 Å². The Bertz CT molecular complexity index is 1040. The molecule has 180 valence electrons. The van der Waals surface area contributed by atoms with Crippen LogP contribution in [0.25, 0.3) is 0 Å².